The summed E-state index contributed by atoms with van der Waals surface area (Å²) in [7, 11) is 0. The molecule has 0 aromatic heterocycles. The SMILES string of the molecule is C/C=C(\C=C1\C(C)=CC(C(=C/C=C/C(C)=C/C=O)\C(F)(F)F)=C1CC)C(C)C. The van der Waals surface area contributed by atoms with Gasteiger partial charge in [0.25, 0.3) is 0 Å². The van der Waals surface area contributed by atoms with Crippen LogP contribution in [0, 0.1) is 5.92 Å². The maximum atomic E-state index is 13.8. The van der Waals surface area contributed by atoms with Gasteiger partial charge in [-0.1, -0.05) is 51.2 Å². The molecule has 0 radical (unpaired) electrons. The molecule has 0 saturated heterocycles. The number of allylic oxidation sites excluding steroid dienone is 14. The van der Waals surface area contributed by atoms with Gasteiger partial charge in [-0.05, 0) is 78.7 Å². The maximum absolute atomic E-state index is 13.8. The summed E-state index contributed by atoms with van der Waals surface area (Å²) in [5, 5.41) is 0. The van der Waals surface area contributed by atoms with Crippen LogP contribution in [0.4, 0.5) is 13.2 Å². The average molecular weight is 390 g/mol. The van der Waals surface area contributed by atoms with Crippen molar-refractivity contribution in [2.24, 2.45) is 5.92 Å². The first kappa shape index (κ1) is 23.7. The lowest BCUT2D eigenvalue weighted by atomic mass is 9.92. The highest BCUT2D eigenvalue weighted by Gasteiger charge is 2.37. The number of hydrogen-bond donors (Lipinski definition) is 0. The van der Waals surface area contributed by atoms with Crippen LogP contribution >= 0.6 is 0 Å². The third-order valence-corrected chi connectivity index (χ3v) is 4.65. The molecule has 4 heteroatoms. The second-order valence-electron chi connectivity index (χ2n) is 7.06. The lowest BCUT2D eigenvalue weighted by Gasteiger charge is -2.15. The van der Waals surface area contributed by atoms with Crippen LogP contribution < -0.4 is 0 Å². The Morgan fingerprint density at radius 2 is 1.86 bits per heavy atom. The minimum Gasteiger partial charge on any atom is -0.299 e. The highest BCUT2D eigenvalue weighted by molar-refractivity contribution is 5.68. The van der Waals surface area contributed by atoms with E-state index in [0.29, 0.717) is 29.8 Å². The van der Waals surface area contributed by atoms with Crippen molar-refractivity contribution in [1.82, 2.24) is 0 Å². The summed E-state index contributed by atoms with van der Waals surface area (Å²) in [5.41, 5.74) is 3.65. The second-order valence-corrected chi connectivity index (χ2v) is 7.06. The number of aldehydes is 1. The molecule has 0 amide bonds. The van der Waals surface area contributed by atoms with Crippen molar-refractivity contribution in [2.45, 2.75) is 54.1 Å². The molecule has 28 heavy (non-hydrogen) atoms. The van der Waals surface area contributed by atoms with Crippen LogP contribution in [0.2, 0.25) is 0 Å². The van der Waals surface area contributed by atoms with Crippen molar-refractivity contribution in [2.75, 3.05) is 0 Å². The Hall–Kier alpha value is -2.36. The third kappa shape index (κ3) is 6.08. The predicted molar refractivity (Wildman–Crippen MR) is 111 cm³/mol. The van der Waals surface area contributed by atoms with Gasteiger partial charge in [-0.2, -0.15) is 13.2 Å². The molecule has 0 aromatic rings. The Morgan fingerprint density at radius 1 is 1.21 bits per heavy atom. The van der Waals surface area contributed by atoms with E-state index in [1.165, 1.54) is 18.2 Å². The van der Waals surface area contributed by atoms with E-state index in [9.17, 15) is 18.0 Å². The lowest BCUT2D eigenvalue weighted by molar-refractivity contribution is -0.104. The molecule has 0 atom stereocenters. The highest BCUT2D eigenvalue weighted by Crippen LogP contribution is 2.42. The molecule has 152 valence electrons. The highest BCUT2D eigenvalue weighted by atomic mass is 19.4. The first-order valence-electron chi connectivity index (χ1n) is 9.44. The van der Waals surface area contributed by atoms with Crippen LogP contribution in [0.1, 0.15) is 48.0 Å². The zero-order valence-corrected chi connectivity index (χ0v) is 17.4. The fourth-order valence-corrected chi connectivity index (χ4v) is 3.13. The van der Waals surface area contributed by atoms with Crippen LogP contribution in [0.5, 0.6) is 0 Å². The summed E-state index contributed by atoms with van der Waals surface area (Å²) in [4.78, 5) is 10.5. The van der Waals surface area contributed by atoms with Crippen LogP contribution in [0.3, 0.4) is 0 Å². The van der Waals surface area contributed by atoms with E-state index in [2.05, 4.69) is 13.8 Å². The van der Waals surface area contributed by atoms with Crippen molar-refractivity contribution >= 4 is 6.29 Å². The normalized spacial score (nSPS) is 18.7. The fraction of sp³-hybridized carbons (Fsp3) is 0.375. The largest absolute Gasteiger partial charge is 0.416 e. The summed E-state index contributed by atoms with van der Waals surface area (Å²) in [6.07, 6.45) is 7.49. The fourth-order valence-electron chi connectivity index (χ4n) is 3.13. The summed E-state index contributed by atoms with van der Waals surface area (Å²) < 4.78 is 41.4. The van der Waals surface area contributed by atoms with Gasteiger partial charge >= 0.3 is 6.18 Å². The Bertz CT molecular complexity index is 807. The van der Waals surface area contributed by atoms with E-state index in [1.807, 2.05) is 32.9 Å². The van der Waals surface area contributed by atoms with Crippen LogP contribution in [-0.2, 0) is 4.79 Å². The average Bonchev–Trinajstić information content (AvgIpc) is 2.90. The number of halogens is 3. The number of alkyl halides is 3. The molecule has 0 aromatic carbocycles. The molecule has 0 bridgehead atoms. The summed E-state index contributed by atoms with van der Waals surface area (Å²) in [6, 6.07) is 0. The topological polar surface area (TPSA) is 17.1 Å². The molecule has 0 saturated carbocycles. The van der Waals surface area contributed by atoms with Crippen molar-refractivity contribution in [3.63, 3.8) is 0 Å². The smallest absolute Gasteiger partial charge is 0.299 e. The lowest BCUT2D eigenvalue weighted by Crippen LogP contribution is -2.13. The molecule has 0 N–H and O–H groups in total. The standard InChI is InChI=1S/C24H29F3O/c1-7-19(16(3)4)15-21-18(6)14-22(20(21)8-2)23(24(25,26)27)11-9-10-17(5)12-13-28/h7,9-16H,8H2,1-6H3/b10-9+,17-12+,19-7+,21-15-,23-11+. The molecule has 1 nitrogen and oxygen atoms in total. The van der Waals surface area contributed by atoms with Crippen LogP contribution in [-0.4, -0.2) is 12.5 Å². The van der Waals surface area contributed by atoms with Gasteiger partial charge in [-0.25, -0.2) is 0 Å². The zero-order chi connectivity index (χ0) is 21.5. The molecule has 1 aliphatic carbocycles. The van der Waals surface area contributed by atoms with Gasteiger partial charge in [0, 0.05) is 0 Å². The molecule has 1 rings (SSSR count). The first-order chi connectivity index (χ1) is 13.1. The zero-order valence-electron chi connectivity index (χ0n) is 17.4. The predicted octanol–water partition coefficient (Wildman–Crippen LogP) is 7.37. The number of hydrogen-bond acceptors (Lipinski definition) is 1. The van der Waals surface area contributed by atoms with E-state index in [4.69, 9.17) is 0 Å². The summed E-state index contributed by atoms with van der Waals surface area (Å²) >= 11 is 0. The molecule has 0 spiro atoms. The third-order valence-electron chi connectivity index (χ3n) is 4.65. The van der Waals surface area contributed by atoms with E-state index in [1.54, 1.807) is 13.0 Å². The van der Waals surface area contributed by atoms with E-state index in [0.717, 1.165) is 22.8 Å². The second kappa shape index (κ2) is 10.3. The monoisotopic (exact) mass is 390 g/mol. The van der Waals surface area contributed by atoms with E-state index >= 15 is 0 Å². The molecule has 0 aliphatic heterocycles. The van der Waals surface area contributed by atoms with Crippen molar-refractivity contribution in [3.05, 3.63) is 81.5 Å². The van der Waals surface area contributed by atoms with Gasteiger partial charge in [0.2, 0.25) is 0 Å². The summed E-state index contributed by atoms with van der Waals surface area (Å²) in [6.45, 7) is 11.5. The Labute approximate surface area is 166 Å². The minimum absolute atomic E-state index is 0.222. The number of carbonyl (C=O) groups excluding carboxylic acids is 1. The van der Waals surface area contributed by atoms with Gasteiger partial charge in [0.05, 0.1) is 5.57 Å². The van der Waals surface area contributed by atoms with Gasteiger partial charge < -0.3 is 0 Å². The Morgan fingerprint density at radius 3 is 2.32 bits per heavy atom. The van der Waals surface area contributed by atoms with E-state index < -0.39 is 11.7 Å². The summed E-state index contributed by atoms with van der Waals surface area (Å²) in [5.74, 6) is 0.292. The van der Waals surface area contributed by atoms with Gasteiger partial charge in [0.15, 0.2) is 0 Å². The molecular weight excluding hydrogens is 361 g/mol. The molecule has 0 unspecified atom stereocenters. The van der Waals surface area contributed by atoms with E-state index in [-0.39, 0.29) is 5.57 Å². The number of carbonyl (C=O) groups is 1. The number of rotatable bonds is 7. The van der Waals surface area contributed by atoms with Crippen molar-refractivity contribution in [3.8, 4) is 0 Å². The first-order valence-corrected chi connectivity index (χ1v) is 9.44. The molecule has 0 fully saturated rings. The maximum Gasteiger partial charge on any atom is 0.416 e. The molecule has 1 aliphatic rings. The van der Waals surface area contributed by atoms with Gasteiger partial charge in [-0.15, -0.1) is 0 Å². The Kier molecular flexibility index (Phi) is 8.67. The van der Waals surface area contributed by atoms with Gasteiger partial charge in [-0.3, -0.25) is 4.79 Å². The van der Waals surface area contributed by atoms with Crippen LogP contribution in [0.25, 0.3) is 0 Å². The van der Waals surface area contributed by atoms with Crippen molar-refractivity contribution < 1.29 is 18.0 Å². The Balaban J connectivity index is 3.56. The minimum atomic E-state index is -4.48. The molecule has 0 heterocycles. The molecular formula is C24H29F3O. The van der Waals surface area contributed by atoms with Crippen molar-refractivity contribution in [1.29, 1.82) is 0 Å². The van der Waals surface area contributed by atoms with Gasteiger partial charge in [0.1, 0.15) is 6.29 Å². The quantitative estimate of drug-likeness (QED) is 0.252. The van der Waals surface area contributed by atoms with Crippen LogP contribution in [0.15, 0.2) is 81.5 Å².